The molecule has 1 fully saturated rings. The van der Waals surface area contributed by atoms with Crippen molar-refractivity contribution in [2.75, 3.05) is 13.1 Å². The summed E-state index contributed by atoms with van der Waals surface area (Å²) in [4.78, 5) is 15.6. The molecule has 2 N–H and O–H groups in total. The molecule has 1 atom stereocenters. The average Bonchev–Trinajstić information content (AvgIpc) is 2.88. The summed E-state index contributed by atoms with van der Waals surface area (Å²) in [7, 11) is 0. The van der Waals surface area contributed by atoms with Crippen molar-refractivity contribution in [3.8, 4) is 0 Å². The normalized spacial score (nSPS) is 17.2. The highest BCUT2D eigenvalue weighted by Gasteiger charge is 2.15. The summed E-state index contributed by atoms with van der Waals surface area (Å²) in [6.45, 7) is 2.74. The SMILES string of the molecule is Cl.Cl.O=C(CCC1CCNC1)NCc1cccnc1. The van der Waals surface area contributed by atoms with Crippen LogP contribution in [-0.4, -0.2) is 24.0 Å². The third kappa shape index (κ3) is 6.76. The summed E-state index contributed by atoms with van der Waals surface area (Å²) >= 11 is 0. The van der Waals surface area contributed by atoms with E-state index >= 15 is 0 Å². The Hall–Kier alpha value is -0.840. The Morgan fingerprint density at radius 1 is 1.47 bits per heavy atom. The number of rotatable bonds is 5. The van der Waals surface area contributed by atoms with Gasteiger partial charge in [0.1, 0.15) is 0 Å². The Kier molecular flexibility index (Phi) is 9.57. The topological polar surface area (TPSA) is 54.0 Å². The second-order valence-corrected chi connectivity index (χ2v) is 4.54. The van der Waals surface area contributed by atoms with Crippen LogP contribution in [0.2, 0.25) is 0 Å². The number of halogens is 2. The molecular formula is C13H21Cl2N3O. The van der Waals surface area contributed by atoms with Gasteiger partial charge in [-0.3, -0.25) is 9.78 Å². The molecule has 6 heteroatoms. The number of aromatic nitrogens is 1. The second kappa shape index (κ2) is 10.0. The van der Waals surface area contributed by atoms with Crippen molar-refractivity contribution in [2.24, 2.45) is 5.92 Å². The largest absolute Gasteiger partial charge is 0.352 e. The zero-order valence-corrected chi connectivity index (χ0v) is 12.4. The van der Waals surface area contributed by atoms with Crippen molar-refractivity contribution in [1.82, 2.24) is 15.6 Å². The van der Waals surface area contributed by atoms with E-state index in [4.69, 9.17) is 0 Å². The van der Waals surface area contributed by atoms with Gasteiger partial charge < -0.3 is 10.6 Å². The summed E-state index contributed by atoms with van der Waals surface area (Å²) in [5.74, 6) is 0.819. The maximum absolute atomic E-state index is 11.6. The van der Waals surface area contributed by atoms with Crippen molar-refractivity contribution in [3.05, 3.63) is 30.1 Å². The standard InChI is InChI=1S/C13H19N3O.2ClH/c17-13(4-3-11-5-7-15-8-11)16-10-12-2-1-6-14-9-12;;/h1-2,6,9,11,15H,3-5,7-8,10H2,(H,16,17);2*1H. The van der Waals surface area contributed by atoms with Crippen LogP contribution in [0.5, 0.6) is 0 Å². The molecule has 1 aliphatic heterocycles. The van der Waals surface area contributed by atoms with Gasteiger partial charge in [-0.05, 0) is 43.5 Å². The lowest BCUT2D eigenvalue weighted by Crippen LogP contribution is -2.23. The molecular weight excluding hydrogens is 285 g/mol. The van der Waals surface area contributed by atoms with Gasteiger partial charge in [-0.15, -0.1) is 24.8 Å². The van der Waals surface area contributed by atoms with Crippen LogP contribution < -0.4 is 10.6 Å². The quantitative estimate of drug-likeness (QED) is 0.874. The number of hydrogen-bond donors (Lipinski definition) is 2. The van der Waals surface area contributed by atoms with Crippen LogP contribution in [0, 0.1) is 5.92 Å². The van der Waals surface area contributed by atoms with Gasteiger partial charge in [-0.25, -0.2) is 0 Å². The minimum Gasteiger partial charge on any atom is -0.352 e. The average molecular weight is 306 g/mol. The second-order valence-electron chi connectivity index (χ2n) is 4.54. The first-order chi connectivity index (χ1) is 8.34. The molecule has 108 valence electrons. The Balaban J connectivity index is 0.00000162. The number of pyridine rings is 1. The Morgan fingerprint density at radius 2 is 2.32 bits per heavy atom. The van der Waals surface area contributed by atoms with Gasteiger partial charge in [0, 0.05) is 25.4 Å². The molecule has 19 heavy (non-hydrogen) atoms. The lowest BCUT2D eigenvalue weighted by Gasteiger charge is -2.08. The predicted molar refractivity (Wildman–Crippen MR) is 80.8 cm³/mol. The third-order valence-corrected chi connectivity index (χ3v) is 3.15. The van der Waals surface area contributed by atoms with Crippen molar-refractivity contribution in [3.63, 3.8) is 0 Å². The van der Waals surface area contributed by atoms with Gasteiger partial charge in [0.25, 0.3) is 0 Å². The van der Waals surface area contributed by atoms with Crippen molar-refractivity contribution in [2.45, 2.75) is 25.8 Å². The number of amides is 1. The smallest absolute Gasteiger partial charge is 0.220 e. The Morgan fingerprint density at radius 3 is 2.95 bits per heavy atom. The number of nitrogens with zero attached hydrogens (tertiary/aromatic N) is 1. The molecule has 1 aliphatic rings. The lowest BCUT2D eigenvalue weighted by molar-refractivity contribution is -0.121. The molecule has 2 heterocycles. The van der Waals surface area contributed by atoms with E-state index in [0.717, 1.165) is 25.1 Å². The van der Waals surface area contributed by atoms with E-state index in [1.165, 1.54) is 6.42 Å². The van der Waals surface area contributed by atoms with Crippen LogP contribution in [0.3, 0.4) is 0 Å². The lowest BCUT2D eigenvalue weighted by atomic mass is 10.0. The molecule has 1 saturated heterocycles. The fourth-order valence-electron chi connectivity index (χ4n) is 2.09. The summed E-state index contributed by atoms with van der Waals surface area (Å²) in [5, 5.41) is 6.24. The van der Waals surface area contributed by atoms with Gasteiger partial charge in [0.15, 0.2) is 0 Å². The number of nitrogens with one attached hydrogen (secondary N) is 2. The van der Waals surface area contributed by atoms with Gasteiger partial charge in [0.2, 0.25) is 5.91 Å². The summed E-state index contributed by atoms with van der Waals surface area (Å²) in [5.41, 5.74) is 1.04. The zero-order valence-electron chi connectivity index (χ0n) is 10.8. The fraction of sp³-hybridized carbons (Fsp3) is 0.538. The summed E-state index contributed by atoms with van der Waals surface area (Å²) in [6.07, 6.45) is 6.34. The first-order valence-electron chi connectivity index (χ1n) is 6.21. The third-order valence-electron chi connectivity index (χ3n) is 3.15. The molecule has 0 aromatic carbocycles. The molecule has 1 unspecified atom stereocenters. The Labute approximate surface area is 126 Å². The highest BCUT2D eigenvalue weighted by atomic mass is 35.5. The molecule has 0 aliphatic carbocycles. The first kappa shape index (κ1) is 18.2. The number of hydrogen-bond acceptors (Lipinski definition) is 3. The molecule has 1 aromatic rings. The number of carbonyl (C=O) groups excluding carboxylic acids is 1. The molecule has 1 aromatic heterocycles. The van der Waals surface area contributed by atoms with E-state index in [1.807, 2.05) is 12.1 Å². The molecule has 1 amide bonds. The molecule has 4 nitrogen and oxygen atoms in total. The van der Waals surface area contributed by atoms with E-state index in [0.29, 0.717) is 18.9 Å². The van der Waals surface area contributed by atoms with Crippen molar-refractivity contribution < 1.29 is 4.79 Å². The molecule has 0 bridgehead atoms. The summed E-state index contributed by atoms with van der Waals surface area (Å²) in [6, 6.07) is 3.85. The maximum atomic E-state index is 11.6. The van der Waals surface area contributed by atoms with Crippen LogP contribution >= 0.6 is 24.8 Å². The van der Waals surface area contributed by atoms with E-state index in [2.05, 4.69) is 15.6 Å². The van der Waals surface area contributed by atoms with E-state index < -0.39 is 0 Å². The highest BCUT2D eigenvalue weighted by Crippen LogP contribution is 2.13. The van der Waals surface area contributed by atoms with Crippen molar-refractivity contribution in [1.29, 1.82) is 0 Å². The maximum Gasteiger partial charge on any atom is 0.220 e. The molecule has 2 rings (SSSR count). The minimum atomic E-state index is 0. The van der Waals surface area contributed by atoms with E-state index in [1.54, 1.807) is 12.4 Å². The Bertz CT molecular complexity index is 356. The van der Waals surface area contributed by atoms with Crippen LogP contribution in [0.4, 0.5) is 0 Å². The van der Waals surface area contributed by atoms with Crippen molar-refractivity contribution >= 4 is 30.7 Å². The van der Waals surface area contributed by atoms with Gasteiger partial charge in [-0.2, -0.15) is 0 Å². The zero-order chi connectivity index (χ0) is 11.9. The first-order valence-corrected chi connectivity index (χ1v) is 6.21. The predicted octanol–water partition coefficient (Wildman–Crippen LogP) is 1.93. The van der Waals surface area contributed by atoms with Crippen LogP contribution in [0.25, 0.3) is 0 Å². The van der Waals surface area contributed by atoms with E-state index in [9.17, 15) is 4.79 Å². The van der Waals surface area contributed by atoms with Crippen LogP contribution in [0.15, 0.2) is 24.5 Å². The monoisotopic (exact) mass is 305 g/mol. The highest BCUT2D eigenvalue weighted by molar-refractivity contribution is 5.85. The minimum absolute atomic E-state index is 0. The molecule has 0 spiro atoms. The van der Waals surface area contributed by atoms with Crippen LogP contribution in [-0.2, 0) is 11.3 Å². The van der Waals surface area contributed by atoms with Gasteiger partial charge >= 0.3 is 0 Å². The molecule has 0 saturated carbocycles. The molecule has 0 radical (unpaired) electrons. The van der Waals surface area contributed by atoms with Gasteiger partial charge in [0.05, 0.1) is 0 Å². The van der Waals surface area contributed by atoms with Crippen LogP contribution in [0.1, 0.15) is 24.8 Å². The summed E-state index contributed by atoms with van der Waals surface area (Å²) < 4.78 is 0. The van der Waals surface area contributed by atoms with Gasteiger partial charge in [-0.1, -0.05) is 6.07 Å². The fourth-order valence-corrected chi connectivity index (χ4v) is 2.09. The van der Waals surface area contributed by atoms with E-state index in [-0.39, 0.29) is 30.7 Å². The number of carbonyl (C=O) groups is 1.